The second-order valence-corrected chi connectivity index (χ2v) is 8.34. The van der Waals surface area contributed by atoms with Gasteiger partial charge in [-0.05, 0) is 35.2 Å². The van der Waals surface area contributed by atoms with Crippen LogP contribution >= 0.6 is 0 Å². The summed E-state index contributed by atoms with van der Waals surface area (Å²) in [6, 6.07) is 7.28. The van der Waals surface area contributed by atoms with Crippen molar-refractivity contribution in [1.82, 2.24) is 34.9 Å². The first-order valence-corrected chi connectivity index (χ1v) is 11.0. The molecule has 2 amide bonds. The van der Waals surface area contributed by atoms with Gasteiger partial charge in [0.05, 0.1) is 18.9 Å². The summed E-state index contributed by atoms with van der Waals surface area (Å²) in [5, 5.41) is 10.9. The van der Waals surface area contributed by atoms with Crippen molar-refractivity contribution in [3.05, 3.63) is 77.1 Å². The number of nitrogens with one attached hydrogen (secondary N) is 2. The number of imidazole rings is 1. The number of benzene rings is 1. The van der Waals surface area contributed by atoms with Gasteiger partial charge in [0.2, 0.25) is 5.91 Å². The lowest BCUT2D eigenvalue weighted by atomic mass is 9.98. The zero-order chi connectivity index (χ0) is 22.8. The van der Waals surface area contributed by atoms with Crippen LogP contribution in [0.15, 0.2) is 49.2 Å². The van der Waals surface area contributed by atoms with E-state index in [4.69, 9.17) is 0 Å². The minimum Gasteiger partial charge on any atom is -0.352 e. The Morgan fingerprint density at radius 3 is 2.97 bits per heavy atom. The van der Waals surface area contributed by atoms with Crippen LogP contribution in [0.2, 0.25) is 0 Å². The van der Waals surface area contributed by atoms with Crippen molar-refractivity contribution in [1.29, 1.82) is 0 Å². The topological polar surface area (TPSA) is 109 Å². The summed E-state index contributed by atoms with van der Waals surface area (Å²) in [6.45, 7) is 1.72. The van der Waals surface area contributed by atoms with Gasteiger partial charge in [0.1, 0.15) is 0 Å². The second kappa shape index (κ2) is 8.85. The zero-order valence-electron chi connectivity index (χ0n) is 18.4. The summed E-state index contributed by atoms with van der Waals surface area (Å²) in [5.74, 6) is -0.102. The number of rotatable bonds is 6. The fourth-order valence-corrected chi connectivity index (χ4v) is 4.31. The Kier molecular flexibility index (Phi) is 5.60. The smallest absolute Gasteiger partial charge is 0.251 e. The average molecular weight is 444 g/mol. The molecule has 0 fully saturated rings. The third-order valence-electron chi connectivity index (χ3n) is 6.15. The standard InChI is InChI=1S/C24H25N7O2/c1-30-15-25-12-19(30)5-7-26-24(33)17-4-2-3-16(9-17)10-22(32)31-8-6-20-18(14-31)11-27-23-21(20)13-28-29-23/h2-4,9,11-13,15H,5-8,10,14H2,1H3,(H,26,33)(H,27,28,29). The predicted octanol–water partition coefficient (Wildman–Crippen LogP) is 1.79. The molecule has 4 aromatic rings. The van der Waals surface area contributed by atoms with Gasteiger partial charge in [-0.1, -0.05) is 12.1 Å². The molecule has 0 radical (unpaired) electrons. The largest absolute Gasteiger partial charge is 0.352 e. The van der Waals surface area contributed by atoms with Crippen LogP contribution in [0.25, 0.3) is 11.0 Å². The number of aromatic amines is 1. The van der Waals surface area contributed by atoms with Crippen LogP contribution in [0.1, 0.15) is 32.7 Å². The van der Waals surface area contributed by atoms with Crippen LogP contribution in [0.4, 0.5) is 0 Å². The van der Waals surface area contributed by atoms with E-state index in [0.29, 0.717) is 31.6 Å². The third-order valence-corrected chi connectivity index (χ3v) is 6.15. The Morgan fingerprint density at radius 2 is 2.12 bits per heavy atom. The minimum absolute atomic E-state index is 0.0432. The number of carbonyl (C=O) groups is 2. The van der Waals surface area contributed by atoms with Crippen molar-refractivity contribution in [3.8, 4) is 0 Å². The van der Waals surface area contributed by atoms with Crippen LogP contribution in [0.3, 0.4) is 0 Å². The molecule has 0 spiro atoms. The van der Waals surface area contributed by atoms with Gasteiger partial charge in [0, 0.05) is 62.1 Å². The Bertz CT molecular complexity index is 1320. The Labute approximate surface area is 190 Å². The van der Waals surface area contributed by atoms with Crippen LogP contribution in [-0.2, 0) is 37.6 Å². The van der Waals surface area contributed by atoms with Gasteiger partial charge in [-0.2, -0.15) is 5.10 Å². The first-order chi connectivity index (χ1) is 16.1. The number of pyridine rings is 1. The van der Waals surface area contributed by atoms with E-state index in [1.807, 2.05) is 34.8 Å². The highest BCUT2D eigenvalue weighted by molar-refractivity contribution is 5.94. The summed E-state index contributed by atoms with van der Waals surface area (Å²) in [7, 11) is 1.93. The maximum absolute atomic E-state index is 13.0. The van der Waals surface area contributed by atoms with E-state index in [9.17, 15) is 9.59 Å². The van der Waals surface area contributed by atoms with Gasteiger partial charge in [-0.3, -0.25) is 14.7 Å². The minimum atomic E-state index is -0.145. The quantitative estimate of drug-likeness (QED) is 0.472. The molecule has 3 aromatic heterocycles. The fraction of sp³-hybridized carbons (Fsp3) is 0.292. The van der Waals surface area contributed by atoms with E-state index in [2.05, 4.69) is 25.5 Å². The monoisotopic (exact) mass is 443 g/mol. The molecule has 33 heavy (non-hydrogen) atoms. The molecule has 0 atom stereocenters. The zero-order valence-corrected chi connectivity index (χ0v) is 18.4. The van der Waals surface area contributed by atoms with Crippen molar-refractivity contribution in [3.63, 3.8) is 0 Å². The van der Waals surface area contributed by atoms with Crippen molar-refractivity contribution < 1.29 is 9.59 Å². The molecule has 0 bridgehead atoms. The lowest BCUT2D eigenvalue weighted by Crippen LogP contribution is -2.37. The lowest BCUT2D eigenvalue weighted by molar-refractivity contribution is -0.131. The summed E-state index contributed by atoms with van der Waals surface area (Å²) in [6.07, 6.45) is 8.90. The highest BCUT2D eigenvalue weighted by atomic mass is 16.2. The third kappa shape index (κ3) is 4.34. The second-order valence-electron chi connectivity index (χ2n) is 8.34. The molecule has 9 nitrogen and oxygen atoms in total. The Morgan fingerprint density at radius 1 is 1.21 bits per heavy atom. The molecule has 0 unspecified atom stereocenters. The highest BCUT2D eigenvalue weighted by Gasteiger charge is 2.23. The molecule has 0 aliphatic carbocycles. The summed E-state index contributed by atoms with van der Waals surface area (Å²) < 4.78 is 1.94. The van der Waals surface area contributed by atoms with Gasteiger partial charge in [-0.15, -0.1) is 0 Å². The van der Waals surface area contributed by atoms with Crippen LogP contribution in [0, 0.1) is 0 Å². The molecule has 9 heteroatoms. The van der Waals surface area contributed by atoms with Crippen molar-refractivity contribution in [2.45, 2.75) is 25.8 Å². The number of carbonyl (C=O) groups excluding carboxylic acids is 2. The molecule has 1 aliphatic heterocycles. The summed E-state index contributed by atoms with van der Waals surface area (Å²) in [5.41, 5.74) is 5.49. The Hall–Kier alpha value is -4.01. The number of amides is 2. The van der Waals surface area contributed by atoms with Crippen LogP contribution in [0.5, 0.6) is 0 Å². The lowest BCUT2D eigenvalue weighted by Gasteiger charge is -2.29. The maximum atomic E-state index is 13.0. The number of hydrogen-bond acceptors (Lipinski definition) is 5. The summed E-state index contributed by atoms with van der Waals surface area (Å²) in [4.78, 5) is 35.9. The van der Waals surface area contributed by atoms with Gasteiger partial charge < -0.3 is 14.8 Å². The predicted molar refractivity (Wildman–Crippen MR) is 122 cm³/mol. The van der Waals surface area contributed by atoms with E-state index in [-0.39, 0.29) is 18.2 Å². The molecule has 5 rings (SSSR count). The SMILES string of the molecule is Cn1cncc1CCNC(=O)c1cccc(CC(=O)N2CCc3c(cnc4[nH]ncc34)C2)c1. The van der Waals surface area contributed by atoms with Gasteiger partial charge in [0.15, 0.2) is 5.65 Å². The fourth-order valence-electron chi connectivity index (χ4n) is 4.31. The number of hydrogen-bond donors (Lipinski definition) is 2. The Balaban J connectivity index is 1.20. The van der Waals surface area contributed by atoms with Crippen molar-refractivity contribution >= 4 is 22.8 Å². The normalized spacial score (nSPS) is 13.2. The molecule has 1 aromatic carbocycles. The van der Waals surface area contributed by atoms with Gasteiger partial charge >= 0.3 is 0 Å². The molecule has 0 saturated carbocycles. The van der Waals surface area contributed by atoms with Gasteiger partial charge in [-0.25, -0.2) is 9.97 Å². The van der Waals surface area contributed by atoms with Gasteiger partial charge in [0.25, 0.3) is 5.91 Å². The molecule has 2 N–H and O–H groups in total. The van der Waals surface area contributed by atoms with E-state index in [1.54, 1.807) is 30.9 Å². The number of aryl methyl sites for hydroxylation is 1. The molecular weight excluding hydrogens is 418 g/mol. The van der Waals surface area contributed by atoms with E-state index >= 15 is 0 Å². The van der Waals surface area contributed by atoms with E-state index in [0.717, 1.165) is 34.3 Å². The molecule has 1 aliphatic rings. The average Bonchev–Trinajstić information content (AvgIpc) is 3.48. The van der Waals surface area contributed by atoms with Crippen LogP contribution < -0.4 is 5.32 Å². The number of fused-ring (bicyclic) bond motifs is 3. The summed E-state index contributed by atoms with van der Waals surface area (Å²) >= 11 is 0. The number of nitrogens with zero attached hydrogens (tertiary/aromatic N) is 5. The maximum Gasteiger partial charge on any atom is 0.251 e. The molecular formula is C24H25N7O2. The van der Waals surface area contributed by atoms with Crippen molar-refractivity contribution in [2.24, 2.45) is 7.05 Å². The van der Waals surface area contributed by atoms with Crippen molar-refractivity contribution in [2.75, 3.05) is 13.1 Å². The van der Waals surface area contributed by atoms with Crippen LogP contribution in [-0.4, -0.2) is 54.5 Å². The molecule has 0 saturated heterocycles. The molecule has 168 valence electrons. The first kappa shape index (κ1) is 20.9. The van der Waals surface area contributed by atoms with E-state index in [1.165, 1.54) is 5.56 Å². The number of aromatic nitrogens is 5. The van der Waals surface area contributed by atoms with E-state index < -0.39 is 0 Å². The number of H-pyrrole nitrogens is 1. The highest BCUT2D eigenvalue weighted by Crippen LogP contribution is 2.25. The first-order valence-electron chi connectivity index (χ1n) is 11.0. The molecule has 4 heterocycles.